The third-order valence-electron chi connectivity index (χ3n) is 5.42. The van der Waals surface area contributed by atoms with Gasteiger partial charge in [0.2, 0.25) is 0 Å². The minimum Gasteiger partial charge on any atom is -0.483 e. The molecule has 2 atom stereocenters. The van der Waals surface area contributed by atoms with E-state index in [-0.39, 0.29) is 18.6 Å². The summed E-state index contributed by atoms with van der Waals surface area (Å²) in [6.45, 7) is 8.16. The van der Waals surface area contributed by atoms with Crippen LogP contribution >= 0.6 is 0 Å². The van der Waals surface area contributed by atoms with Crippen LogP contribution in [-0.4, -0.2) is 49.8 Å². The van der Waals surface area contributed by atoms with Crippen LogP contribution in [0.1, 0.15) is 37.3 Å². The van der Waals surface area contributed by atoms with Crippen LogP contribution in [-0.2, 0) is 16.1 Å². The average molecular weight is 397 g/mol. The SMILES string of the molecule is CCC(C)c1ccccc1OCC(=O)NCC1CN(Cc2ccccc2)CCO1. The highest BCUT2D eigenvalue weighted by Crippen LogP contribution is 2.28. The lowest BCUT2D eigenvalue weighted by Gasteiger charge is -2.33. The summed E-state index contributed by atoms with van der Waals surface area (Å²) < 4.78 is 11.6. The molecule has 1 heterocycles. The standard InChI is InChI=1S/C24H32N2O3/c1-3-19(2)22-11-7-8-12-23(22)29-18-24(27)25-15-21-17-26(13-14-28-21)16-20-9-5-4-6-10-20/h4-12,19,21H,3,13-18H2,1-2H3,(H,25,27). The monoisotopic (exact) mass is 396 g/mol. The second-order valence-electron chi connectivity index (χ2n) is 7.65. The quantitative estimate of drug-likeness (QED) is 0.704. The fraction of sp³-hybridized carbons (Fsp3) is 0.458. The Balaban J connectivity index is 1.42. The van der Waals surface area contributed by atoms with E-state index < -0.39 is 0 Å². The normalized spacial score (nSPS) is 18.2. The van der Waals surface area contributed by atoms with Crippen LogP contribution < -0.4 is 10.1 Å². The van der Waals surface area contributed by atoms with E-state index in [1.165, 1.54) is 5.56 Å². The van der Waals surface area contributed by atoms with Gasteiger partial charge in [0.15, 0.2) is 6.61 Å². The van der Waals surface area contributed by atoms with Crippen molar-refractivity contribution in [1.82, 2.24) is 10.2 Å². The molecule has 156 valence electrons. The maximum atomic E-state index is 12.3. The predicted octanol–water partition coefficient (Wildman–Crippen LogP) is 3.60. The van der Waals surface area contributed by atoms with Gasteiger partial charge in [-0.3, -0.25) is 9.69 Å². The number of carbonyl (C=O) groups is 1. The van der Waals surface area contributed by atoms with E-state index in [9.17, 15) is 4.79 Å². The molecule has 1 aliphatic rings. The first kappa shape index (κ1) is 21.3. The molecule has 1 amide bonds. The van der Waals surface area contributed by atoms with E-state index in [4.69, 9.17) is 9.47 Å². The summed E-state index contributed by atoms with van der Waals surface area (Å²) in [5, 5.41) is 2.95. The van der Waals surface area contributed by atoms with Crippen molar-refractivity contribution < 1.29 is 14.3 Å². The van der Waals surface area contributed by atoms with Crippen LogP contribution in [0, 0.1) is 0 Å². The zero-order valence-corrected chi connectivity index (χ0v) is 17.5. The predicted molar refractivity (Wildman–Crippen MR) is 115 cm³/mol. The number of morpholine rings is 1. The number of nitrogens with one attached hydrogen (secondary N) is 1. The number of hydrogen-bond acceptors (Lipinski definition) is 4. The van der Waals surface area contributed by atoms with Gasteiger partial charge in [0.05, 0.1) is 12.7 Å². The second-order valence-corrected chi connectivity index (χ2v) is 7.65. The smallest absolute Gasteiger partial charge is 0.258 e. The maximum Gasteiger partial charge on any atom is 0.258 e. The summed E-state index contributed by atoms with van der Waals surface area (Å²) in [5.41, 5.74) is 2.44. The highest BCUT2D eigenvalue weighted by Gasteiger charge is 2.21. The Hall–Kier alpha value is -2.37. The minimum atomic E-state index is -0.118. The minimum absolute atomic E-state index is 0.00353. The lowest BCUT2D eigenvalue weighted by atomic mass is 9.98. The van der Waals surface area contributed by atoms with Gasteiger partial charge in [0.25, 0.3) is 5.91 Å². The van der Waals surface area contributed by atoms with Crippen molar-refractivity contribution in [1.29, 1.82) is 0 Å². The first-order valence-electron chi connectivity index (χ1n) is 10.5. The molecule has 2 aromatic carbocycles. The van der Waals surface area contributed by atoms with Crippen LogP contribution in [0.5, 0.6) is 5.75 Å². The number of hydrogen-bond donors (Lipinski definition) is 1. The van der Waals surface area contributed by atoms with Gasteiger partial charge in [-0.15, -0.1) is 0 Å². The van der Waals surface area contributed by atoms with Gasteiger partial charge in [0, 0.05) is 26.2 Å². The van der Waals surface area contributed by atoms with Crippen LogP contribution in [0.4, 0.5) is 0 Å². The van der Waals surface area contributed by atoms with E-state index in [0.29, 0.717) is 19.1 Å². The Labute approximate surface area is 174 Å². The number of rotatable bonds is 9. The molecule has 0 aromatic heterocycles. The third-order valence-corrected chi connectivity index (χ3v) is 5.42. The molecule has 1 aliphatic heterocycles. The molecule has 2 aromatic rings. The molecule has 0 bridgehead atoms. The summed E-state index contributed by atoms with van der Waals surface area (Å²) in [7, 11) is 0. The Kier molecular flexibility index (Phi) is 8.08. The lowest BCUT2D eigenvalue weighted by Crippen LogP contribution is -2.47. The topological polar surface area (TPSA) is 50.8 Å². The fourth-order valence-corrected chi connectivity index (χ4v) is 3.55. The van der Waals surface area contributed by atoms with E-state index in [0.717, 1.165) is 37.4 Å². The Morgan fingerprint density at radius 2 is 1.97 bits per heavy atom. The van der Waals surface area contributed by atoms with Crippen molar-refractivity contribution in [2.75, 3.05) is 32.8 Å². The summed E-state index contributed by atoms with van der Waals surface area (Å²) in [5.74, 6) is 1.08. The van der Waals surface area contributed by atoms with Crippen LogP contribution in [0.3, 0.4) is 0 Å². The Morgan fingerprint density at radius 1 is 1.21 bits per heavy atom. The summed E-state index contributed by atoms with van der Waals surface area (Å²) in [6.07, 6.45) is 1.04. The number of carbonyl (C=O) groups excluding carboxylic acids is 1. The van der Waals surface area contributed by atoms with Crippen molar-refractivity contribution in [2.45, 2.75) is 38.8 Å². The molecule has 29 heavy (non-hydrogen) atoms. The van der Waals surface area contributed by atoms with Gasteiger partial charge < -0.3 is 14.8 Å². The first-order valence-corrected chi connectivity index (χ1v) is 10.5. The zero-order chi connectivity index (χ0) is 20.5. The third kappa shape index (κ3) is 6.58. The average Bonchev–Trinajstić information content (AvgIpc) is 2.77. The summed E-state index contributed by atoms with van der Waals surface area (Å²) >= 11 is 0. The molecular formula is C24H32N2O3. The number of benzene rings is 2. The van der Waals surface area contributed by atoms with Crippen molar-refractivity contribution in [3.05, 3.63) is 65.7 Å². The molecule has 1 N–H and O–H groups in total. The molecule has 0 spiro atoms. The highest BCUT2D eigenvalue weighted by molar-refractivity contribution is 5.77. The van der Waals surface area contributed by atoms with Crippen molar-refractivity contribution in [3.8, 4) is 5.75 Å². The van der Waals surface area contributed by atoms with E-state index in [1.807, 2.05) is 24.3 Å². The molecule has 3 rings (SSSR count). The van der Waals surface area contributed by atoms with E-state index >= 15 is 0 Å². The van der Waals surface area contributed by atoms with Crippen molar-refractivity contribution in [3.63, 3.8) is 0 Å². The molecular weight excluding hydrogens is 364 g/mol. The first-order chi connectivity index (χ1) is 14.2. The van der Waals surface area contributed by atoms with Gasteiger partial charge in [-0.25, -0.2) is 0 Å². The van der Waals surface area contributed by atoms with Crippen LogP contribution in [0.15, 0.2) is 54.6 Å². The molecule has 1 fully saturated rings. The molecule has 5 heteroatoms. The van der Waals surface area contributed by atoms with Crippen LogP contribution in [0.25, 0.3) is 0 Å². The van der Waals surface area contributed by atoms with Gasteiger partial charge in [-0.1, -0.05) is 62.4 Å². The van der Waals surface area contributed by atoms with Crippen molar-refractivity contribution in [2.24, 2.45) is 0 Å². The van der Waals surface area contributed by atoms with Crippen LogP contribution in [0.2, 0.25) is 0 Å². The number of nitrogens with zero attached hydrogens (tertiary/aromatic N) is 1. The number of amides is 1. The molecule has 0 saturated carbocycles. The van der Waals surface area contributed by atoms with Crippen molar-refractivity contribution >= 4 is 5.91 Å². The van der Waals surface area contributed by atoms with Gasteiger partial charge in [-0.05, 0) is 29.5 Å². The second kappa shape index (κ2) is 11.0. The van der Waals surface area contributed by atoms with E-state index in [1.54, 1.807) is 0 Å². The summed E-state index contributed by atoms with van der Waals surface area (Å²) in [4.78, 5) is 14.6. The van der Waals surface area contributed by atoms with Gasteiger partial charge >= 0.3 is 0 Å². The number of para-hydroxylation sites is 1. The fourth-order valence-electron chi connectivity index (χ4n) is 3.55. The summed E-state index contributed by atoms with van der Waals surface area (Å²) in [6, 6.07) is 18.4. The Bertz CT molecular complexity index is 766. The number of ether oxygens (including phenoxy) is 2. The molecule has 2 unspecified atom stereocenters. The molecule has 5 nitrogen and oxygen atoms in total. The van der Waals surface area contributed by atoms with Gasteiger partial charge in [-0.2, -0.15) is 0 Å². The molecule has 0 aliphatic carbocycles. The lowest BCUT2D eigenvalue weighted by molar-refractivity contribution is -0.124. The Morgan fingerprint density at radius 3 is 2.76 bits per heavy atom. The maximum absolute atomic E-state index is 12.3. The van der Waals surface area contributed by atoms with E-state index in [2.05, 4.69) is 54.4 Å². The van der Waals surface area contributed by atoms with Gasteiger partial charge in [0.1, 0.15) is 5.75 Å². The molecule has 0 radical (unpaired) electrons. The molecule has 1 saturated heterocycles. The largest absolute Gasteiger partial charge is 0.483 e. The highest BCUT2D eigenvalue weighted by atomic mass is 16.5. The zero-order valence-electron chi connectivity index (χ0n) is 17.5.